The average Bonchev–Trinajstić information content (AvgIpc) is 3.08. The summed E-state index contributed by atoms with van der Waals surface area (Å²) in [4.78, 5) is 15.9. The molecule has 0 radical (unpaired) electrons. The molecule has 1 atom stereocenters. The van der Waals surface area contributed by atoms with Gasteiger partial charge in [0.05, 0.1) is 5.69 Å². The number of aromatic nitrogens is 1. The third-order valence-electron chi connectivity index (χ3n) is 5.02. The van der Waals surface area contributed by atoms with Crippen LogP contribution in [0.4, 0.5) is 0 Å². The van der Waals surface area contributed by atoms with E-state index in [1.165, 1.54) is 10.6 Å². The smallest absolute Gasteiger partial charge is 0.322 e. The lowest BCUT2D eigenvalue weighted by atomic mass is 10.0. The number of aliphatic carboxylic acids is 1. The highest BCUT2D eigenvalue weighted by Crippen LogP contribution is 2.22. The molecule has 0 bridgehead atoms. The molecule has 3 aromatic rings. The van der Waals surface area contributed by atoms with Gasteiger partial charge >= 0.3 is 5.97 Å². The van der Waals surface area contributed by atoms with E-state index in [0.717, 1.165) is 41.8 Å². The van der Waals surface area contributed by atoms with E-state index >= 15 is 0 Å². The van der Waals surface area contributed by atoms with Crippen molar-refractivity contribution in [2.24, 2.45) is 5.84 Å². The fraction of sp³-hybridized carbons (Fsp3) is 0.304. The van der Waals surface area contributed by atoms with Gasteiger partial charge in [-0.2, -0.15) is 0 Å². The number of hydrazine groups is 1. The van der Waals surface area contributed by atoms with Crippen LogP contribution in [0.2, 0.25) is 0 Å². The number of likely N-dealkylation sites (N-methyl/N-ethyl adjacent to an activating group) is 1. The number of hydrogen-bond acceptors (Lipinski definition) is 5. The molecule has 29 heavy (non-hydrogen) atoms. The number of aryl methyl sites for hydroxylation is 3. The van der Waals surface area contributed by atoms with Crippen LogP contribution >= 0.6 is 0 Å². The highest BCUT2D eigenvalue weighted by atomic mass is 16.4. The molecule has 0 spiro atoms. The van der Waals surface area contributed by atoms with E-state index in [4.69, 9.17) is 10.3 Å². The molecule has 152 valence electrons. The number of rotatable bonds is 9. The third kappa shape index (κ3) is 5.53. The highest BCUT2D eigenvalue weighted by molar-refractivity contribution is 5.73. The molecule has 1 aromatic heterocycles. The first-order valence-corrected chi connectivity index (χ1v) is 9.74. The van der Waals surface area contributed by atoms with Gasteiger partial charge in [-0.25, -0.2) is 9.99 Å². The second-order valence-corrected chi connectivity index (χ2v) is 7.28. The molecule has 0 saturated heterocycles. The van der Waals surface area contributed by atoms with Crippen molar-refractivity contribution in [3.05, 3.63) is 77.2 Å². The molecule has 0 fully saturated rings. The van der Waals surface area contributed by atoms with Crippen LogP contribution in [0.1, 0.15) is 29.0 Å². The van der Waals surface area contributed by atoms with Crippen molar-refractivity contribution in [1.82, 2.24) is 9.99 Å². The van der Waals surface area contributed by atoms with Gasteiger partial charge in [0.2, 0.25) is 5.89 Å². The van der Waals surface area contributed by atoms with Crippen molar-refractivity contribution in [2.75, 3.05) is 7.05 Å². The zero-order chi connectivity index (χ0) is 20.8. The number of nitrogens with two attached hydrogens (primary N) is 1. The Bertz CT molecular complexity index is 934. The summed E-state index contributed by atoms with van der Waals surface area (Å²) < 4.78 is 5.82. The second kappa shape index (κ2) is 9.49. The molecule has 0 saturated carbocycles. The van der Waals surface area contributed by atoms with Gasteiger partial charge in [-0.3, -0.25) is 10.6 Å². The van der Waals surface area contributed by atoms with Crippen LogP contribution in [0.25, 0.3) is 11.5 Å². The van der Waals surface area contributed by atoms with E-state index in [2.05, 4.69) is 17.1 Å². The maximum atomic E-state index is 11.3. The standard InChI is InChI=1S/C23H27N3O3/c1-16-20(25-22(29-16)19-8-4-3-5-9-19)10-6-7-17-11-13-18(14-12-17)15-21(23(27)28)26(2)24/h3-5,8-9,11-14,21H,6-7,10,15,24H2,1-2H3,(H,27,28). The summed E-state index contributed by atoms with van der Waals surface area (Å²) in [5, 5.41) is 10.5. The molecule has 0 amide bonds. The molecular formula is C23H27N3O3. The molecule has 3 N–H and O–H groups in total. The van der Waals surface area contributed by atoms with Gasteiger partial charge < -0.3 is 9.52 Å². The van der Waals surface area contributed by atoms with Crippen LogP contribution in [0.15, 0.2) is 59.0 Å². The van der Waals surface area contributed by atoms with Crippen LogP contribution in [-0.4, -0.2) is 34.2 Å². The number of nitrogens with zero attached hydrogens (tertiary/aromatic N) is 2. The third-order valence-corrected chi connectivity index (χ3v) is 5.02. The van der Waals surface area contributed by atoms with Gasteiger partial charge in [-0.15, -0.1) is 0 Å². The Labute approximate surface area is 171 Å². The summed E-state index contributed by atoms with van der Waals surface area (Å²) in [6.45, 7) is 1.96. The summed E-state index contributed by atoms with van der Waals surface area (Å²) in [7, 11) is 1.57. The van der Waals surface area contributed by atoms with E-state index in [0.29, 0.717) is 12.3 Å². The van der Waals surface area contributed by atoms with Crippen molar-refractivity contribution in [3.8, 4) is 11.5 Å². The summed E-state index contributed by atoms with van der Waals surface area (Å²) in [6, 6.07) is 17.2. The predicted octanol–water partition coefficient (Wildman–Crippen LogP) is 3.63. The molecule has 0 aliphatic carbocycles. The Kier molecular flexibility index (Phi) is 6.80. The number of benzene rings is 2. The summed E-state index contributed by atoms with van der Waals surface area (Å²) in [5.41, 5.74) is 4.15. The Hall–Kier alpha value is -2.96. The van der Waals surface area contributed by atoms with Gasteiger partial charge in [0.25, 0.3) is 0 Å². The summed E-state index contributed by atoms with van der Waals surface area (Å²) in [6.07, 6.45) is 3.11. The largest absolute Gasteiger partial charge is 0.480 e. The lowest BCUT2D eigenvalue weighted by molar-refractivity contribution is -0.142. The SMILES string of the molecule is Cc1oc(-c2ccccc2)nc1CCCc1ccc(CC(C(=O)O)N(C)N)cc1. The fourth-order valence-corrected chi connectivity index (χ4v) is 3.29. The molecule has 3 rings (SSSR count). The molecule has 1 unspecified atom stereocenters. The first-order valence-electron chi connectivity index (χ1n) is 9.74. The zero-order valence-corrected chi connectivity index (χ0v) is 16.8. The highest BCUT2D eigenvalue weighted by Gasteiger charge is 2.20. The monoisotopic (exact) mass is 393 g/mol. The van der Waals surface area contributed by atoms with Crippen LogP contribution in [0, 0.1) is 6.92 Å². The number of carbonyl (C=O) groups is 1. The Morgan fingerprint density at radius 1 is 1.10 bits per heavy atom. The van der Waals surface area contributed by atoms with Gasteiger partial charge in [0, 0.05) is 12.6 Å². The zero-order valence-electron chi connectivity index (χ0n) is 16.8. The molecule has 6 nitrogen and oxygen atoms in total. The molecule has 6 heteroatoms. The number of hydrogen-bond donors (Lipinski definition) is 2. The van der Waals surface area contributed by atoms with Crippen LogP contribution in [-0.2, 0) is 24.1 Å². The van der Waals surface area contributed by atoms with E-state index in [9.17, 15) is 9.90 Å². The minimum Gasteiger partial charge on any atom is -0.480 e. The minimum atomic E-state index is -0.920. The van der Waals surface area contributed by atoms with E-state index in [1.54, 1.807) is 7.05 Å². The fourth-order valence-electron chi connectivity index (χ4n) is 3.29. The van der Waals surface area contributed by atoms with E-state index < -0.39 is 12.0 Å². The maximum absolute atomic E-state index is 11.3. The topological polar surface area (TPSA) is 92.6 Å². The summed E-state index contributed by atoms with van der Waals surface area (Å²) in [5.74, 6) is 6.24. The predicted molar refractivity (Wildman–Crippen MR) is 112 cm³/mol. The number of carboxylic acid groups (broad SMARTS) is 1. The molecule has 0 aliphatic heterocycles. The molecule has 2 aromatic carbocycles. The van der Waals surface area contributed by atoms with Crippen molar-refractivity contribution < 1.29 is 14.3 Å². The van der Waals surface area contributed by atoms with Gasteiger partial charge in [0.1, 0.15) is 11.8 Å². The van der Waals surface area contributed by atoms with Crippen LogP contribution < -0.4 is 5.84 Å². The van der Waals surface area contributed by atoms with Crippen molar-refractivity contribution >= 4 is 5.97 Å². The quantitative estimate of drug-likeness (QED) is 0.426. The second-order valence-electron chi connectivity index (χ2n) is 7.28. The molecule has 1 heterocycles. The number of carboxylic acids is 1. The first-order chi connectivity index (χ1) is 13.9. The maximum Gasteiger partial charge on any atom is 0.322 e. The van der Waals surface area contributed by atoms with Crippen LogP contribution in [0.5, 0.6) is 0 Å². The van der Waals surface area contributed by atoms with Gasteiger partial charge in [-0.05, 0) is 55.9 Å². The van der Waals surface area contributed by atoms with Crippen molar-refractivity contribution in [2.45, 2.75) is 38.6 Å². The summed E-state index contributed by atoms with van der Waals surface area (Å²) >= 11 is 0. The van der Waals surface area contributed by atoms with Crippen molar-refractivity contribution in [3.63, 3.8) is 0 Å². The Balaban J connectivity index is 1.55. The Morgan fingerprint density at radius 3 is 2.38 bits per heavy atom. The van der Waals surface area contributed by atoms with E-state index in [-0.39, 0.29) is 0 Å². The Morgan fingerprint density at radius 2 is 1.76 bits per heavy atom. The van der Waals surface area contributed by atoms with Crippen LogP contribution in [0.3, 0.4) is 0 Å². The van der Waals surface area contributed by atoms with Gasteiger partial charge in [0.15, 0.2) is 0 Å². The minimum absolute atomic E-state index is 0.378. The van der Waals surface area contributed by atoms with Gasteiger partial charge in [-0.1, -0.05) is 42.5 Å². The van der Waals surface area contributed by atoms with E-state index in [1.807, 2.05) is 49.4 Å². The average molecular weight is 393 g/mol. The normalized spacial score (nSPS) is 12.3. The number of oxazole rings is 1. The lowest BCUT2D eigenvalue weighted by Crippen LogP contribution is -2.44. The molecular weight excluding hydrogens is 366 g/mol. The van der Waals surface area contributed by atoms with Crippen molar-refractivity contribution in [1.29, 1.82) is 0 Å². The molecule has 0 aliphatic rings. The first kappa shape index (κ1) is 20.8. The lowest BCUT2D eigenvalue weighted by Gasteiger charge is -2.19.